The molecule has 3 aromatic rings. The SMILES string of the molecule is C1=NCCN1.CC.Cc1ccccc1-c1nc2ccccc2[nH]1. The Labute approximate surface area is 137 Å². The van der Waals surface area contributed by atoms with Crippen LogP contribution in [-0.2, 0) is 0 Å². The lowest BCUT2D eigenvalue weighted by Gasteiger charge is -2.00. The standard InChI is InChI=1S/C14H12N2.C3H6N2.C2H6/c1-10-6-2-3-7-11(10)14-15-12-8-4-5-9-13(12)16-14;1-2-5-3-4-1;1-2/h2-9H,1H3,(H,15,16);3H,1-2H2,(H,4,5);1-2H3. The highest BCUT2D eigenvalue weighted by Gasteiger charge is 2.05. The van der Waals surface area contributed by atoms with Crippen molar-refractivity contribution in [3.05, 3.63) is 54.1 Å². The number of aliphatic imine (C=N–C) groups is 1. The Bertz CT molecular complexity index is 720. The molecule has 4 nitrogen and oxygen atoms in total. The minimum Gasteiger partial charge on any atom is -0.375 e. The maximum Gasteiger partial charge on any atom is 0.138 e. The Morgan fingerprint density at radius 3 is 2.30 bits per heavy atom. The van der Waals surface area contributed by atoms with E-state index in [1.165, 1.54) is 11.1 Å². The fourth-order valence-electron chi connectivity index (χ4n) is 2.24. The summed E-state index contributed by atoms with van der Waals surface area (Å²) in [6, 6.07) is 16.4. The van der Waals surface area contributed by atoms with Gasteiger partial charge < -0.3 is 10.3 Å². The third kappa shape index (κ3) is 4.42. The van der Waals surface area contributed by atoms with Gasteiger partial charge in [-0.15, -0.1) is 0 Å². The Morgan fingerprint density at radius 1 is 0.957 bits per heavy atom. The molecule has 0 atom stereocenters. The van der Waals surface area contributed by atoms with Crippen LogP contribution >= 0.6 is 0 Å². The summed E-state index contributed by atoms with van der Waals surface area (Å²) in [5.74, 6) is 0.944. The minimum atomic E-state index is 0.944. The van der Waals surface area contributed by atoms with Gasteiger partial charge in [-0.25, -0.2) is 4.98 Å². The molecule has 0 radical (unpaired) electrons. The highest BCUT2D eigenvalue weighted by Crippen LogP contribution is 2.22. The zero-order valence-electron chi connectivity index (χ0n) is 14.0. The van der Waals surface area contributed by atoms with E-state index < -0.39 is 0 Å². The predicted octanol–water partition coefficient (Wildman–Crippen LogP) is 4.18. The first-order chi connectivity index (χ1) is 11.3. The lowest BCUT2D eigenvalue weighted by atomic mass is 10.1. The number of rotatable bonds is 1. The molecule has 2 N–H and O–H groups in total. The molecule has 0 bridgehead atoms. The first-order valence-electron chi connectivity index (χ1n) is 8.07. The van der Waals surface area contributed by atoms with E-state index in [0.717, 1.165) is 29.9 Å². The molecule has 0 saturated heterocycles. The number of H-pyrrole nitrogens is 1. The second kappa shape index (κ2) is 8.73. The molecule has 1 aliphatic rings. The number of benzene rings is 2. The van der Waals surface area contributed by atoms with Crippen LogP contribution in [0, 0.1) is 6.92 Å². The first kappa shape index (κ1) is 16.7. The molecular weight excluding hydrogens is 284 g/mol. The molecule has 2 heterocycles. The molecule has 0 saturated carbocycles. The molecule has 120 valence electrons. The molecule has 4 rings (SSSR count). The minimum absolute atomic E-state index is 0.944. The zero-order valence-corrected chi connectivity index (χ0v) is 14.0. The maximum atomic E-state index is 4.59. The van der Waals surface area contributed by atoms with Gasteiger partial charge in [0, 0.05) is 12.1 Å². The van der Waals surface area contributed by atoms with Crippen LogP contribution in [0.15, 0.2) is 53.5 Å². The van der Waals surface area contributed by atoms with Gasteiger partial charge in [-0.1, -0.05) is 50.2 Å². The van der Waals surface area contributed by atoms with Crippen LogP contribution in [0.4, 0.5) is 0 Å². The lowest BCUT2D eigenvalue weighted by molar-refractivity contribution is 0.965. The van der Waals surface area contributed by atoms with Crippen molar-refractivity contribution in [1.82, 2.24) is 15.3 Å². The summed E-state index contributed by atoms with van der Waals surface area (Å²) in [5.41, 5.74) is 4.50. The van der Waals surface area contributed by atoms with Crippen molar-refractivity contribution in [3.8, 4) is 11.4 Å². The second-order valence-electron chi connectivity index (χ2n) is 4.91. The summed E-state index contributed by atoms with van der Waals surface area (Å²) in [4.78, 5) is 11.8. The van der Waals surface area contributed by atoms with Gasteiger partial charge in [-0.3, -0.25) is 4.99 Å². The van der Waals surface area contributed by atoms with Crippen molar-refractivity contribution in [2.24, 2.45) is 4.99 Å². The number of aryl methyl sites for hydroxylation is 1. The Morgan fingerprint density at radius 2 is 1.70 bits per heavy atom. The molecule has 0 amide bonds. The number of fused-ring (bicyclic) bond motifs is 1. The molecule has 0 unspecified atom stereocenters. The number of para-hydroxylation sites is 2. The largest absolute Gasteiger partial charge is 0.375 e. The van der Waals surface area contributed by atoms with Crippen molar-refractivity contribution in [2.45, 2.75) is 20.8 Å². The van der Waals surface area contributed by atoms with Gasteiger partial charge in [0.2, 0.25) is 0 Å². The third-order valence-corrected chi connectivity index (χ3v) is 3.36. The zero-order chi connectivity index (χ0) is 16.5. The number of nitrogens with one attached hydrogen (secondary N) is 2. The van der Waals surface area contributed by atoms with E-state index in [0.29, 0.717) is 0 Å². The van der Waals surface area contributed by atoms with E-state index in [2.05, 4.69) is 39.3 Å². The Kier molecular flexibility index (Phi) is 6.36. The van der Waals surface area contributed by atoms with Crippen LogP contribution in [0.5, 0.6) is 0 Å². The monoisotopic (exact) mass is 308 g/mol. The Balaban J connectivity index is 0.000000232. The summed E-state index contributed by atoms with van der Waals surface area (Å²) in [5, 5.41) is 2.93. The average molecular weight is 308 g/mol. The average Bonchev–Trinajstić information content (AvgIpc) is 3.30. The van der Waals surface area contributed by atoms with Gasteiger partial charge >= 0.3 is 0 Å². The van der Waals surface area contributed by atoms with Gasteiger partial charge in [-0.05, 0) is 24.6 Å². The van der Waals surface area contributed by atoms with Gasteiger partial charge in [0.1, 0.15) is 5.82 Å². The molecule has 1 aromatic heterocycles. The second-order valence-corrected chi connectivity index (χ2v) is 4.91. The van der Waals surface area contributed by atoms with Crippen molar-refractivity contribution in [2.75, 3.05) is 13.1 Å². The van der Waals surface area contributed by atoms with Crippen LogP contribution in [0.25, 0.3) is 22.4 Å². The molecule has 23 heavy (non-hydrogen) atoms. The molecule has 0 spiro atoms. The normalized spacial score (nSPS) is 12.0. The number of nitrogens with zero attached hydrogens (tertiary/aromatic N) is 2. The molecular formula is C19H24N4. The van der Waals surface area contributed by atoms with Crippen LogP contribution in [0.1, 0.15) is 19.4 Å². The third-order valence-electron chi connectivity index (χ3n) is 3.36. The highest BCUT2D eigenvalue weighted by molar-refractivity contribution is 5.79. The fraction of sp³-hybridized carbons (Fsp3) is 0.263. The summed E-state index contributed by atoms with van der Waals surface area (Å²) < 4.78 is 0. The first-order valence-corrected chi connectivity index (χ1v) is 8.07. The van der Waals surface area contributed by atoms with Gasteiger partial charge in [0.15, 0.2) is 0 Å². The van der Waals surface area contributed by atoms with Crippen molar-refractivity contribution >= 4 is 17.4 Å². The summed E-state index contributed by atoms with van der Waals surface area (Å²) in [7, 11) is 0. The van der Waals surface area contributed by atoms with Crippen LogP contribution < -0.4 is 5.32 Å². The van der Waals surface area contributed by atoms with Crippen LogP contribution in [0.2, 0.25) is 0 Å². The number of hydrogen-bond donors (Lipinski definition) is 2. The molecule has 4 heteroatoms. The molecule has 1 aliphatic heterocycles. The van der Waals surface area contributed by atoms with Crippen molar-refractivity contribution in [3.63, 3.8) is 0 Å². The van der Waals surface area contributed by atoms with Gasteiger partial charge in [0.05, 0.1) is 23.9 Å². The van der Waals surface area contributed by atoms with E-state index in [9.17, 15) is 0 Å². The molecule has 0 fully saturated rings. The highest BCUT2D eigenvalue weighted by atomic mass is 15.0. The van der Waals surface area contributed by atoms with E-state index in [-0.39, 0.29) is 0 Å². The van der Waals surface area contributed by atoms with Crippen molar-refractivity contribution < 1.29 is 0 Å². The number of imidazole rings is 1. The Hall–Kier alpha value is -2.62. The number of aromatic nitrogens is 2. The van der Waals surface area contributed by atoms with Crippen molar-refractivity contribution in [1.29, 1.82) is 0 Å². The van der Waals surface area contributed by atoms with Gasteiger partial charge in [-0.2, -0.15) is 0 Å². The van der Waals surface area contributed by atoms with E-state index in [1.807, 2.05) is 50.2 Å². The fourth-order valence-corrected chi connectivity index (χ4v) is 2.24. The van der Waals surface area contributed by atoms with Crippen LogP contribution in [0.3, 0.4) is 0 Å². The van der Waals surface area contributed by atoms with Gasteiger partial charge in [0.25, 0.3) is 0 Å². The maximum absolute atomic E-state index is 4.59. The number of aromatic amines is 1. The molecule has 2 aromatic carbocycles. The van der Waals surface area contributed by atoms with E-state index >= 15 is 0 Å². The summed E-state index contributed by atoms with van der Waals surface area (Å²) in [6.45, 7) is 8.09. The predicted molar refractivity (Wildman–Crippen MR) is 99.0 cm³/mol. The lowest BCUT2D eigenvalue weighted by Crippen LogP contribution is -2.04. The molecule has 0 aliphatic carbocycles. The quantitative estimate of drug-likeness (QED) is 0.708. The van der Waals surface area contributed by atoms with Crippen LogP contribution in [-0.4, -0.2) is 29.4 Å². The number of hydrogen-bond acceptors (Lipinski definition) is 3. The van der Waals surface area contributed by atoms with E-state index in [4.69, 9.17) is 0 Å². The smallest absolute Gasteiger partial charge is 0.138 e. The summed E-state index contributed by atoms with van der Waals surface area (Å²) >= 11 is 0. The summed E-state index contributed by atoms with van der Waals surface area (Å²) in [6.07, 6.45) is 1.74. The topological polar surface area (TPSA) is 53.1 Å². The van der Waals surface area contributed by atoms with E-state index in [1.54, 1.807) is 6.34 Å².